The summed E-state index contributed by atoms with van der Waals surface area (Å²) < 4.78 is 6.08. The molecule has 1 heterocycles. The summed E-state index contributed by atoms with van der Waals surface area (Å²) in [4.78, 5) is 12.5. The van der Waals surface area contributed by atoms with Crippen LogP contribution < -0.4 is 0 Å². The summed E-state index contributed by atoms with van der Waals surface area (Å²) in [6.45, 7) is 1.20. The molecule has 0 aliphatic carbocycles. The van der Waals surface area contributed by atoms with Crippen LogP contribution >= 0.6 is 27.5 Å². The Hall–Kier alpha value is -1.16. The van der Waals surface area contributed by atoms with Crippen LogP contribution in [0.5, 0.6) is 0 Å². The molecule has 0 radical (unpaired) electrons. The van der Waals surface area contributed by atoms with E-state index in [1.165, 1.54) is 0 Å². The predicted molar refractivity (Wildman–Crippen MR) is 77.5 cm³/mol. The van der Waals surface area contributed by atoms with Crippen LogP contribution in [-0.4, -0.2) is 5.78 Å². The fraction of sp³-hybridized carbons (Fsp3) is 0.133. The fourth-order valence-corrected chi connectivity index (χ4v) is 2.73. The van der Waals surface area contributed by atoms with E-state index in [-0.39, 0.29) is 5.78 Å². The van der Waals surface area contributed by atoms with Gasteiger partial charge in [0.2, 0.25) is 0 Å². The minimum atomic E-state index is -0.0685. The molecule has 0 saturated heterocycles. The summed E-state index contributed by atoms with van der Waals surface area (Å²) in [7, 11) is 0. The molecule has 2 nitrogen and oxygen atoms in total. The molecule has 1 aliphatic rings. The van der Waals surface area contributed by atoms with Gasteiger partial charge in [0.25, 0.3) is 0 Å². The third-order valence-electron chi connectivity index (χ3n) is 3.18. The number of rotatable bonds is 2. The Morgan fingerprint density at radius 3 is 2.79 bits per heavy atom. The molecule has 3 rings (SSSR count). The van der Waals surface area contributed by atoms with E-state index in [4.69, 9.17) is 16.3 Å². The van der Waals surface area contributed by atoms with E-state index in [0.717, 1.165) is 15.6 Å². The number of carbonyl (C=O) groups is 1. The van der Waals surface area contributed by atoms with Gasteiger partial charge in [0.1, 0.15) is 0 Å². The van der Waals surface area contributed by atoms with Gasteiger partial charge in [-0.2, -0.15) is 0 Å². The van der Waals surface area contributed by atoms with E-state index in [9.17, 15) is 4.79 Å². The highest BCUT2D eigenvalue weighted by atomic mass is 79.9. The maximum absolute atomic E-state index is 12.5. The molecule has 0 N–H and O–H groups in total. The third-order valence-corrected chi connectivity index (χ3v) is 4.48. The SMILES string of the molecule is O=C(c1ccc2c(c1)COC2)c1cccc(Br)c1Cl. The first kappa shape index (κ1) is 12.9. The Morgan fingerprint density at radius 2 is 1.95 bits per heavy atom. The predicted octanol–water partition coefficient (Wildman–Crippen LogP) is 4.36. The van der Waals surface area contributed by atoms with Crippen molar-refractivity contribution in [2.24, 2.45) is 0 Å². The molecule has 0 amide bonds. The molecule has 0 atom stereocenters. The molecule has 2 aromatic carbocycles. The summed E-state index contributed by atoms with van der Waals surface area (Å²) >= 11 is 9.50. The van der Waals surface area contributed by atoms with Crippen LogP contribution in [0.3, 0.4) is 0 Å². The first-order valence-corrected chi connectivity index (χ1v) is 7.02. The van der Waals surface area contributed by atoms with E-state index in [1.54, 1.807) is 12.1 Å². The van der Waals surface area contributed by atoms with Crippen molar-refractivity contribution in [3.63, 3.8) is 0 Å². The number of fused-ring (bicyclic) bond motifs is 1. The van der Waals surface area contributed by atoms with Crippen molar-refractivity contribution in [1.29, 1.82) is 0 Å². The number of hydrogen-bond acceptors (Lipinski definition) is 2. The lowest BCUT2D eigenvalue weighted by Crippen LogP contribution is -2.03. The Balaban J connectivity index is 2.02. The summed E-state index contributed by atoms with van der Waals surface area (Å²) in [5.41, 5.74) is 3.38. The minimum absolute atomic E-state index is 0.0685. The van der Waals surface area contributed by atoms with E-state index >= 15 is 0 Å². The number of hydrogen-bond donors (Lipinski definition) is 0. The largest absolute Gasteiger partial charge is 0.372 e. The maximum Gasteiger partial charge on any atom is 0.194 e. The lowest BCUT2D eigenvalue weighted by Gasteiger charge is -2.06. The monoisotopic (exact) mass is 336 g/mol. The smallest absolute Gasteiger partial charge is 0.194 e. The van der Waals surface area contributed by atoms with Gasteiger partial charge in [-0.25, -0.2) is 0 Å². The van der Waals surface area contributed by atoms with Crippen LogP contribution in [0.4, 0.5) is 0 Å². The van der Waals surface area contributed by atoms with E-state index < -0.39 is 0 Å². The van der Waals surface area contributed by atoms with E-state index in [2.05, 4.69) is 15.9 Å². The zero-order chi connectivity index (χ0) is 13.4. The second kappa shape index (κ2) is 5.08. The average molecular weight is 338 g/mol. The van der Waals surface area contributed by atoms with Crippen LogP contribution in [-0.2, 0) is 18.0 Å². The zero-order valence-corrected chi connectivity index (χ0v) is 12.3. The van der Waals surface area contributed by atoms with Crippen molar-refractivity contribution in [1.82, 2.24) is 0 Å². The molecule has 0 unspecified atom stereocenters. The van der Waals surface area contributed by atoms with Gasteiger partial charge in [-0.05, 0) is 45.3 Å². The number of ketones is 1. The van der Waals surface area contributed by atoms with Gasteiger partial charge in [-0.1, -0.05) is 29.8 Å². The van der Waals surface area contributed by atoms with Crippen molar-refractivity contribution >= 4 is 33.3 Å². The first-order valence-electron chi connectivity index (χ1n) is 5.85. The topological polar surface area (TPSA) is 26.3 Å². The number of benzene rings is 2. The Morgan fingerprint density at radius 1 is 1.16 bits per heavy atom. The van der Waals surface area contributed by atoms with Gasteiger partial charge in [-0.3, -0.25) is 4.79 Å². The molecule has 0 aromatic heterocycles. The minimum Gasteiger partial charge on any atom is -0.372 e. The number of ether oxygens (including phenoxy) is 1. The standard InChI is InChI=1S/C15H10BrClO2/c16-13-3-1-2-12(14(13)17)15(18)9-4-5-10-7-19-8-11(10)6-9/h1-6H,7-8H2. The molecule has 0 spiro atoms. The second-order valence-electron chi connectivity index (χ2n) is 4.41. The number of carbonyl (C=O) groups excluding carboxylic acids is 1. The van der Waals surface area contributed by atoms with Crippen molar-refractivity contribution in [2.45, 2.75) is 13.2 Å². The van der Waals surface area contributed by atoms with Gasteiger partial charge < -0.3 is 4.74 Å². The number of halogens is 2. The lowest BCUT2D eigenvalue weighted by molar-refractivity contribution is 0.103. The molecular formula is C15H10BrClO2. The molecule has 0 saturated carbocycles. The maximum atomic E-state index is 12.5. The van der Waals surface area contributed by atoms with Gasteiger partial charge in [0.15, 0.2) is 5.78 Å². The molecule has 4 heteroatoms. The highest BCUT2D eigenvalue weighted by Gasteiger charge is 2.18. The first-order chi connectivity index (χ1) is 9.16. The lowest BCUT2D eigenvalue weighted by atomic mass is 9.99. The Labute approximate surface area is 124 Å². The van der Waals surface area contributed by atoms with Crippen molar-refractivity contribution in [3.05, 3.63) is 68.1 Å². The van der Waals surface area contributed by atoms with Gasteiger partial charge in [0, 0.05) is 15.6 Å². The van der Waals surface area contributed by atoms with E-state index in [0.29, 0.717) is 29.4 Å². The molecule has 19 heavy (non-hydrogen) atoms. The van der Waals surface area contributed by atoms with Gasteiger partial charge in [0.05, 0.1) is 18.2 Å². The van der Waals surface area contributed by atoms with Crippen molar-refractivity contribution < 1.29 is 9.53 Å². The van der Waals surface area contributed by atoms with Crippen LogP contribution in [0.25, 0.3) is 0 Å². The Bertz CT molecular complexity index is 667. The molecule has 96 valence electrons. The molecule has 1 aliphatic heterocycles. The summed E-state index contributed by atoms with van der Waals surface area (Å²) in [5.74, 6) is -0.0685. The van der Waals surface area contributed by atoms with Gasteiger partial charge >= 0.3 is 0 Å². The molecule has 0 fully saturated rings. The molecule has 0 bridgehead atoms. The third kappa shape index (κ3) is 2.34. The summed E-state index contributed by atoms with van der Waals surface area (Å²) in [6.07, 6.45) is 0. The van der Waals surface area contributed by atoms with Crippen LogP contribution in [0.1, 0.15) is 27.0 Å². The van der Waals surface area contributed by atoms with Crippen molar-refractivity contribution in [2.75, 3.05) is 0 Å². The van der Waals surface area contributed by atoms with Crippen LogP contribution in [0.15, 0.2) is 40.9 Å². The summed E-state index contributed by atoms with van der Waals surface area (Å²) in [6, 6.07) is 11.0. The average Bonchev–Trinajstić information content (AvgIpc) is 2.88. The molecule has 2 aromatic rings. The molecular weight excluding hydrogens is 328 g/mol. The fourth-order valence-electron chi connectivity index (χ4n) is 2.15. The Kier molecular flexibility index (Phi) is 3.44. The van der Waals surface area contributed by atoms with E-state index in [1.807, 2.05) is 24.3 Å². The van der Waals surface area contributed by atoms with Crippen LogP contribution in [0, 0.1) is 0 Å². The second-order valence-corrected chi connectivity index (χ2v) is 5.64. The highest BCUT2D eigenvalue weighted by Crippen LogP contribution is 2.29. The van der Waals surface area contributed by atoms with Crippen molar-refractivity contribution in [3.8, 4) is 0 Å². The normalized spacial score (nSPS) is 13.4. The quantitative estimate of drug-likeness (QED) is 0.761. The summed E-state index contributed by atoms with van der Waals surface area (Å²) in [5, 5.41) is 0.448. The zero-order valence-electron chi connectivity index (χ0n) is 9.95. The van der Waals surface area contributed by atoms with Gasteiger partial charge in [-0.15, -0.1) is 0 Å². The van der Waals surface area contributed by atoms with Crippen LogP contribution in [0.2, 0.25) is 5.02 Å². The highest BCUT2D eigenvalue weighted by molar-refractivity contribution is 9.10.